The van der Waals surface area contributed by atoms with Crippen molar-refractivity contribution in [2.45, 2.75) is 31.4 Å². The molecule has 118 valence electrons. The Kier molecular flexibility index (Phi) is 4.46. The standard InChI is InChI=1S/C15H19N3O2S2/c1-15(20,11-3-2-7-21-11)9-17-14(19)18-12(10-4-5-10)13-16-6-8-22-13/h2-3,6-8,10,12,20H,4-5,9H2,1H3,(H2,17,18,19). The average molecular weight is 337 g/mol. The summed E-state index contributed by atoms with van der Waals surface area (Å²) >= 11 is 3.04. The number of thiophene rings is 1. The second-order valence-electron chi connectivity index (χ2n) is 5.76. The van der Waals surface area contributed by atoms with Gasteiger partial charge >= 0.3 is 6.03 Å². The average Bonchev–Trinajstić information content (AvgIpc) is 2.97. The number of carbonyl (C=O) groups excluding carboxylic acids is 1. The van der Waals surface area contributed by atoms with Gasteiger partial charge in [-0.15, -0.1) is 22.7 Å². The molecule has 0 radical (unpaired) electrons. The molecule has 0 aromatic carbocycles. The number of amides is 2. The molecule has 1 aliphatic carbocycles. The van der Waals surface area contributed by atoms with Crippen LogP contribution in [0.5, 0.6) is 0 Å². The first kappa shape index (κ1) is 15.5. The maximum atomic E-state index is 12.1. The molecule has 5 nitrogen and oxygen atoms in total. The number of carbonyl (C=O) groups is 1. The number of aliphatic hydroxyl groups is 1. The summed E-state index contributed by atoms with van der Waals surface area (Å²) in [7, 11) is 0. The molecular formula is C15H19N3O2S2. The number of hydrogen-bond donors (Lipinski definition) is 3. The monoisotopic (exact) mass is 337 g/mol. The largest absolute Gasteiger partial charge is 0.383 e. The number of thiazole rings is 1. The van der Waals surface area contributed by atoms with Crippen LogP contribution in [0.3, 0.4) is 0 Å². The van der Waals surface area contributed by atoms with E-state index in [2.05, 4.69) is 15.6 Å². The molecule has 0 spiro atoms. The van der Waals surface area contributed by atoms with E-state index in [1.54, 1.807) is 24.5 Å². The predicted octanol–water partition coefficient (Wildman–Crippen LogP) is 2.86. The van der Waals surface area contributed by atoms with Crippen molar-refractivity contribution in [3.8, 4) is 0 Å². The van der Waals surface area contributed by atoms with Gasteiger partial charge in [0.15, 0.2) is 0 Å². The van der Waals surface area contributed by atoms with Crippen LogP contribution in [0.2, 0.25) is 0 Å². The highest BCUT2D eigenvalue weighted by atomic mass is 32.1. The fourth-order valence-corrected chi connectivity index (χ4v) is 3.88. The fraction of sp³-hybridized carbons (Fsp3) is 0.467. The lowest BCUT2D eigenvalue weighted by molar-refractivity contribution is 0.0630. The summed E-state index contributed by atoms with van der Waals surface area (Å²) < 4.78 is 0. The van der Waals surface area contributed by atoms with E-state index in [9.17, 15) is 9.90 Å². The molecule has 1 aliphatic rings. The Hall–Kier alpha value is -1.44. The molecule has 3 rings (SSSR count). The highest BCUT2D eigenvalue weighted by Crippen LogP contribution is 2.41. The van der Waals surface area contributed by atoms with E-state index in [0.29, 0.717) is 5.92 Å². The van der Waals surface area contributed by atoms with E-state index in [-0.39, 0.29) is 18.6 Å². The summed E-state index contributed by atoms with van der Waals surface area (Å²) in [5, 5.41) is 21.0. The zero-order valence-corrected chi connectivity index (χ0v) is 13.9. The molecule has 1 fully saturated rings. The van der Waals surface area contributed by atoms with Crippen LogP contribution in [0.4, 0.5) is 4.79 Å². The van der Waals surface area contributed by atoms with Gasteiger partial charge < -0.3 is 15.7 Å². The van der Waals surface area contributed by atoms with Crippen LogP contribution in [0.25, 0.3) is 0 Å². The third-order valence-electron chi connectivity index (χ3n) is 3.74. The molecule has 2 aromatic heterocycles. The summed E-state index contributed by atoms with van der Waals surface area (Å²) in [6, 6.07) is 3.48. The number of rotatable bonds is 6. The summed E-state index contributed by atoms with van der Waals surface area (Å²) in [5.74, 6) is 0.481. The van der Waals surface area contributed by atoms with Crippen LogP contribution in [0.1, 0.15) is 35.7 Å². The molecule has 2 aromatic rings. The number of urea groups is 1. The normalized spacial score (nSPS) is 18.5. The molecule has 22 heavy (non-hydrogen) atoms. The topological polar surface area (TPSA) is 74.2 Å². The Morgan fingerprint density at radius 2 is 2.32 bits per heavy atom. The quantitative estimate of drug-likeness (QED) is 0.759. The minimum absolute atomic E-state index is 0.0216. The maximum Gasteiger partial charge on any atom is 0.315 e. The fourth-order valence-electron chi connectivity index (χ4n) is 2.32. The summed E-state index contributed by atoms with van der Waals surface area (Å²) in [6.07, 6.45) is 4.01. The SMILES string of the molecule is CC(O)(CNC(=O)NC(c1nccs1)C1CC1)c1cccs1. The van der Waals surface area contributed by atoms with Crippen molar-refractivity contribution in [1.82, 2.24) is 15.6 Å². The van der Waals surface area contributed by atoms with Gasteiger partial charge in [-0.1, -0.05) is 6.07 Å². The van der Waals surface area contributed by atoms with Crippen LogP contribution in [-0.4, -0.2) is 22.7 Å². The summed E-state index contributed by atoms with van der Waals surface area (Å²) in [4.78, 5) is 17.3. The molecule has 7 heteroatoms. The van der Waals surface area contributed by atoms with Crippen molar-refractivity contribution < 1.29 is 9.90 Å². The van der Waals surface area contributed by atoms with Crippen molar-refractivity contribution in [2.24, 2.45) is 5.92 Å². The Morgan fingerprint density at radius 3 is 2.91 bits per heavy atom. The van der Waals surface area contributed by atoms with Crippen LogP contribution in [0, 0.1) is 5.92 Å². The van der Waals surface area contributed by atoms with E-state index in [4.69, 9.17) is 0 Å². The first-order valence-electron chi connectivity index (χ1n) is 7.26. The molecule has 0 bridgehead atoms. The molecule has 3 N–H and O–H groups in total. The number of nitrogens with one attached hydrogen (secondary N) is 2. The van der Waals surface area contributed by atoms with Gasteiger partial charge in [0, 0.05) is 16.5 Å². The number of aromatic nitrogens is 1. The van der Waals surface area contributed by atoms with E-state index >= 15 is 0 Å². The molecule has 0 aliphatic heterocycles. The van der Waals surface area contributed by atoms with Crippen molar-refractivity contribution in [3.05, 3.63) is 39.0 Å². The smallest absolute Gasteiger partial charge is 0.315 e. The molecule has 2 heterocycles. The Bertz CT molecular complexity index is 607. The van der Waals surface area contributed by atoms with Gasteiger partial charge in [-0.25, -0.2) is 9.78 Å². The van der Waals surface area contributed by atoms with Gasteiger partial charge in [-0.05, 0) is 37.1 Å². The molecule has 2 amide bonds. The van der Waals surface area contributed by atoms with Crippen LogP contribution < -0.4 is 10.6 Å². The van der Waals surface area contributed by atoms with Gasteiger partial charge in [0.2, 0.25) is 0 Å². The van der Waals surface area contributed by atoms with Crippen LogP contribution in [0.15, 0.2) is 29.1 Å². The maximum absolute atomic E-state index is 12.1. The Morgan fingerprint density at radius 1 is 1.50 bits per heavy atom. The van der Waals surface area contributed by atoms with Crippen LogP contribution in [-0.2, 0) is 5.60 Å². The summed E-state index contributed by atoms with van der Waals surface area (Å²) in [5.41, 5.74) is -1.05. The minimum atomic E-state index is -1.05. The van der Waals surface area contributed by atoms with Crippen molar-refractivity contribution in [3.63, 3.8) is 0 Å². The Balaban J connectivity index is 1.56. The molecule has 1 saturated carbocycles. The van der Waals surface area contributed by atoms with Gasteiger partial charge in [-0.2, -0.15) is 0 Å². The summed E-state index contributed by atoms with van der Waals surface area (Å²) in [6.45, 7) is 1.88. The molecule has 0 saturated heterocycles. The van der Waals surface area contributed by atoms with Crippen LogP contribution >= 0.6 is 22.7 Å². The highest BCUT2D eigenvalue weighted by Gasteiger charge is 2.35. The van der Waals surface area contributed by atoms with Crippen molar-refractivity contribution in [2.75, 3.05) is 6.54 Å². The number of hydrogen-bond acceptors (Lipinski definition) is 5. The highest BCUT2D eigenvalue weighted by molar-refractivity contribution is 7.10. The van der Waals surface area contributed by atoms with Gasteiger partial charge in [0.25, 0.3) is 0 Å². The third-order valence-corrected chi connectivity index (χ3v) is 5.72. The number of nitrogens with zero attached hydrogens (tertiary/aromatic N) is 1. The lowest BCUT2D eigenvalue weighted by Gasteiger charge is -2.23. The zero-order chi connectivity index (χ0) is 15.6. The van der Waals surface area contributed by atoms with Gasteiger partial charge in [-0.3, -0.25) is 0 Å². The first-order valence-corrected chi connectivity index (χ1v) is 9.02. The zero-order valence-electron chi connectivity index (χ0n) is 12.3. The van der Waals surface area contributed by atoms with Gasteiger partial charge in [0.1, 0.15) is 10.6 Å². The molecule has 2 unspecified atom stereocenters. The van der Waals surface area contributed by atoms with E-state index < -0.39 is 5.60 Å². The molecule has 2 atom stereocenters. The molecular weight excluding hydrogens is 318 g/mol. The minimum Gasteiger partial charge on any atom is -0.383 e. The lowest BCUT2D eigenvalue weighted by Crippen LogP contribution is -2.44. The van der Waals surface area contributed by atoms with Crippen molar-refractivity contribution in [1.29, 1.82) is 0 Å². The van der Waals surface area contributed by atoms with Crippen molar-refractivity contribution >= 4 is 28.7 Å². The second kappa shape index (κ2) is 6.36. The Labute approximate surface area is 137 Å². The van der Waals surface area contributed by atoms with E-state index in [0.717, 1.165) is 22.7 Å². The third kappa shape index (κ3) is 3.66. The van der Waals surface area contributed by atoms with E-state index in [1.165, 1.54) is 11.3 Å². The first-order chi connectivity index (χ1) is 10.6. The van der Waals surface area contributed by atoms with E-state index in [1.807, 2.05) is 22.9 Å². The second-order valence-corrected chi connectivity index (χ2v) is 7.64. The lowest BCUT2D eigenvalue weighted by atomic mass is 10.1. The predicted molar refractivity (Wildman–Crippen MR) is 88.0 cm³/mol. The van der Waals surface area contributed by atoms with Gasteiger partial charge in [0.05, 0.1) is 12.6 Å².